The van der Waals surface area contributed by atoms with Crippen molar-refractivity contribution in [2.75, 3.05) is 19.6 Å². The number of rotatable bonds is 2. The molecule has 2 aliphatic rings. The minimum Gasteiger partial charge on any atom is -0.302 e. The van der Waals surface area contributed by atoms with Crippen molar-refractivity contribution in [2.45, 2.75) is 49.3 Å². The van der Waals surface area contributed by atoms with Crippen LogP contribution in [0.3, 0.4) is 0 Å². The first kappa shape index (κ1) is 12.9. The minimum absolute atomic E-state index is 0.221. The molecule has 1 aromatic rings. The molecule has 3 atom stereocenters. The fourth-order valence-corrected chi connectivity index (χ4v) is 4.80. The molecule has 0 aliphatic carbocycles. The molecule has 0 aromatic carbocycles. The number of thioether (sulfide) groups is 1. The molecule has 2 saturated heterocycles. The number of nitrogens with zero attached hydrogens (tertiary/aromatic N) is 3. The molecule has 18 heavy (non-hydrogen) atoms. The normalized spacial score (nSPS) is 31.8. The van der Waals surface area contributed by atoms with E-state index in [1.165, 1.54) is 54.9 Å². The standard InChI is InChI=1S/C13H21N3S2/c1-13(2,3)17-12-11(14-18-15-12)10-8-16-6-4-5-9(10)7-16/h9-10H,4-8H2,1-3H3. The van der Waals surface area contributed by atoms with E-state index >= 15 is 0 Å². The Morgan fingerprint density at radius 2 is 2.11 bits per heavy atom. The van der Waals surface area contributed by atoms with Crippen molar-refractivity contribution in [1.82, 2.24) is 13.6 Å². The first-order valence-electron chi connectivity index (χ1n) is 6.77. The van der Waals surface area contributed by atoms with E-state index in [-0.39, 0.29) is 4.75 Å². The zero-order valence-corrected chi connectivity index (χ0v) is 13.0. The molecule has 3 nitrogen and oxygen atoms in total. The second kappa shape index (κ2) is 4.76. The number of piperidine rings is 1. The smallest absolute Gasteiger partial charge is 0.134 e. The monoisotopic (exact) mass is 283 g/mol. The maximum atomic E-state index is 4.63. The van der Waals surface area contributed by atoms with Gasteiger partial charge in [-0.15, -0.1) is 0 Å². The van der Waals surface area contributed by atoms with Gasteiger partial charge in [-0.2, -0.15) is 8.75 Å². The molecule has 2 fully saturated rings. The van der Waals surface area contributed by atoms with Gasteiger partial charge >= 0.3 is 0 Å². The van der Waals surface area contributed by atoms with Crippen molar-refractivity contribution in [3.05, 3.63) is 5.69 Å². The first-order chi connectivity index (χ1) is 8.53. The zero-order chi connectivity index (χ0) is 12.8. The second-order valence-electron chi connectivity index (χ2n) is 6.44. The van der Waals surface area contributed by atoms with Crippen molar-refractivity contribution in [2.24, 2.45) is 5.92 Å². The lowest BCUT2D eigenvalue weighted by Gasteiger charge is -2.22. The van der Waals surface area contributed by atoms with Crippen LogP contribution in [0.15, 0.2) is 5.03 Å². The quantitative estimate of drug-likeness (QED) is 0.779. The molecule has 3 heterocycles. The van der Waals surface area contributed by atoms with Crippen molar-refractivity contribution in [1.29, 1.82) is 0 Å². The summed E-state index contributed by atoms with van der Waals surface area (Å²) in [6, 6.07) is 0. The summed E-state index contributed by atoms with van der Waals surface area (Å²) in [4.78, 5) is 2.60. The van der Waals surface area contributed by atoms with Crippen LogP contribution in [-0.4, -0.2) is 38.0 Å². The van der Waals surface area contributed by atoms with E-state index in [0.29, 0.717) is 5.92 Å². The molecule has 0 saturated carbocycles. The Kier molecular flexibility index (Phi) is 3.41. The Morgan fingerprint density at radius 1 is 1.28 bits per heavy atom. The van der Waals surface area contributed by atoms with Gasteiger partial charge < -0.3 is 4.90 Å². The van der Waals surface area contributed by atoms with E-state index in [9.17, 15) is 0 Å². The first-order valence-corrected chi connectivity index (χ1v) is 8.31. The summed E-state index contributed by atoms with van der Waals surface area (Å²) in [5.74, 6) is 1.46. The van der Waals surface area contributed by atoms with Crippen LogP contribution in [-0.2, 0) is 0 Å². The summed E-state index contributed by atoms with van der Waals surface area (Å²) in [6.07, 6.45) is 2.73. The van der Waals surface area contributed by atoms with Gasteiger partial charge in [-0.25, -0.2) is 0 Å². The summed E-state index contributed by atoms with van der Waals surface area (Å²) in [6.45, 7) is 10.5. The van der Waals surface area contributed by atoms with Crippen molar-refractivity contribution < 1.29 is 0 Å². The molecule has 2 aliphatic heterocycles. The van der Waals surface area contributed by atoms with Crippen LogP contribution in [0.2, 0.25) is 0 Å². The molecule has 0 radical (unpaired) electrons. The third-order valence-corrected chi connectivity index (χ3v) is 5.57. The van der Waals surface area contributed by atoms with Gasteiger partial charge in [-0.3, -0.25) is 0 Å². The van der Waals surface area contributed by atoms with Crippen LogP contribution >= 0.6 is 23.5 Å². The highest BCUT2D eigenvalue weighted by atomic mass is 32.2. The topological polar surface area (TPSA) is 29.0 Å². The molecule has 2 bridgehead atoms. The molecule has 0 N–H and O–H groups in total. The maximum Gasteiger partial charge on any atom is 0.134 e. The lowest BCUT2D eigenvalue weighted by Crippen LogP contribution is -2.25. The van der Waals surface area contributed by atoms with Gasteiger partial charge in [0.1, 0.15) is 5.03 Å². The Bertz CT molecular complexity index is 424. The van der Waals surface area contributed by atoms with E-state index in [1.807, 2.05) is 11.8 Å². The van der Waals surface area contributed by atoms with Gasteiger partial charge in [0.2, 0.25) is 0 Å². The largest absolute Gasteiger partial charge is 0.302 e. The molecule has 0 amide bonds. The number of hydrogen-bond acceptors (Lipinski definition) is 5. The highest BCUT2D eigenvalue weighted by molar-refractivity contribution is 8.00. The van der Waals surface area contributed by atoms with Crippen molar-refractivity contribution >= 4 is 23.5 Å². The van der Waals surface area contributed by atoms with Gasteiger partial charge in [0.25, 0.3) is 0 Å². The highest BCUT2D eigenvalue weighted by Gasteiger charge is 2.39. The summed E-state index contributed by atoms with van der Waals surface area (Å²) >= 11 is 3.26. The van der Waals surface area contributed by atoms with E-state index in [2.05, 4.69) is 34.4 Å². The fourth-order valence-electron chi connectivity index (χ4n) is 3.10. The van der Waals surface area contributed by atoms with Crippen molar-refractivity contribution in [3.8, 4) is 0 Å². The van der Waals surface area contributed by atoms with Gasteiger partial charge in [-0.05, 0) is 25.3 Å². The van der Waals surface area contributed by atoms with E-state index in [0.717, 1.165) is 5.92 Å². The van der Waals surface area contributed by atoms with Crippen molar-refractivity contribution in [3.63, 3.8) is 0 Å². The van der Waals surface area contributed by atoms with Gasteiger partial charge in [0.05, 0.1) is 17.4 Å². The predicted octanol–water partition coefficient (Wildman–Crippen LogP) is 3.24. The van der Waals surface area contributed by atoms with Gasteiger partial charge in [0.15, 0.2) is 0 Å². The molecule has 5 heteroatoms. The molecule has 1 aromatic heterocycles. The van der Waals surface area contributed by atoms with E-state index in [1.54, 1.807) is 0 Å². The Morgan fingerprint density at radius 3 is 2.83 bits per heavy atom. The van der Waals surface area contributed by atoms with Crippen LogP contribution in [0.5, 0.6) is 0 Å². The van der Waals surface area contributed by atoms with Crippen LogP contribution in [0.4, 0.5) is 0 Å². The summed E-state index contributed by atoms with van der Waals surface area (Å²) in [5.41, 5.74) is 1.29. The molecular weight excluding hydrogens is 262 g/mol. The van der Waals surface area contributed by atoms with Crippen LogP contribution in [0.1, 0.15) is 45.2 Å². The number of fused-ring (bicyclic) bond motifs is 2. The number of aromatic nitrogens is 2. The van der Waals surface area contributed by atoms with Crippen LogP contribution < -0.4 is 0 Å². The van der Waals surface area contributed by atoms with Gasteiger partial charge in [0, 0.05) is 23.8 Å². The molecule has 3 unspecified atom stereocenters. The Labute approximate surface area is 118 Å². The number of hydrogen-bond donors (Lipinski definition) is 0. The van der Waals surface area contributed by atoms with E-state index < -0.39 is 0 Å². The Balaban J connectivity index is 1.82. The highest BCUT2D eigenvalue weighted by Crippen LogP contribution is 2.43. The maximum absolute atomic E-state index is 4.63. The average molecular weight is 283 g/mol. The third kappa shape index (κ3) is 2.58. The zero-order valence-electron chi connectivity index (χ0n) is 11.3. The molecular formula is C13H21N3S2. The summed E-state index contributed by atoms with van der Waals surface area (Å²) in [5, 5.41) is 1.19. The SMILES string of the molecule is CC(C)(C)Sc1nsnc1C1CN2CCCC1C2. The fraction of sp³-hybridized carbons (Fsp3) is 0.846. The van der Waals surface area contributed by atoms with E-state index in [4.69, 9.17) is 0 Å². The lowest BCUT2D eigenvalue weighted by molar-refractivity contribution is 0.269. The summed E-state index contributed by atoms with van der Waals surface area (Å²) < 4.78 is 9.38. The van der Waals surface area contributed by atoms with Crippen LogP contribution in [0.25, 0.3) is 0 Å². The average Bonchev–Trinajstić information content (AvgIpc) is 2.81. The predicted molar refractivity (Wildman–Crippen MR) is 77.4 cm³/mol. The molecule has 0 spiro atoms. The third-order valence-electron chi connectivity index (χ3n) is 3.80. The Hall–Kier alpha value is -0.130. The van der Waals surface area contributed by atoms with Gasteiger partial charge in [-0.1, -0.05) is 32.5 Å². The van der Waals surface area contributed by atoms with Crippen LogP contribution in [0, 0.1) is 5.92 Å². The second-order valence-corrected chi connectivity index (χ2v) is 8.78. The molecule has 3 rings (SSSR count). The minimum atomic E-state index is 0.221. The molecule has 100 valence electrons. The summed E-state index contributed by atoms with van der Waals surface area (Å²) in [7, 11) is 0. The lowest BCUT2D eigenvalue weighted by atomic mass is 9.89.